The Labute approximate surface area is 274 Å². The topological polar surface area (TPSA) is 137 Å². The first kappa shape index (κ1) is 32.6. The van der Waals surface area contributed by atoms with Crippen molar-refractivity contribution in [3.63, 3.8) is 0 Å². The summed E-state index contributed by atoms with van der Waals surface area (Å²) in [6, 6.07) is 32.3. The van der Waals surface area contributed by atoms with Crippen LogP contribution in [0.4, 0.5) is 0 Å². The second-order valence-electron chi connectivity index (χ2n) is 12.2. The van der Waals surface area contributed by atoms with Crippen molar-refractivity contribution in [1.82, 2.24) is 10.6 Å². The van der Waals surface area contributed by atoms with Crippen LogP contribution in [0.2, 0.25) is 0 Å². The minimum atomic E-state index is -1.46. The number of benzene rings is 4. The van der Waals surface area contributed by atoms with Crippen molar-refractivity contribution in [1.29, 1.82) is 0 Å². The van der Waals surface area contributed by atoms with E-state index in [0.29, 0.717) is 12.8 Å². The first-order valence-corrected chi connectivity index (χ1v) is 16.0. The van der Waals surface area contributed by atoms with Gasteiger partial charge in [0.05, 0.1) is 43.6 Å². The average molecular weight is 637 g/mol. The number of fused-ring (bicyclic) bond motifs is 2. The molecule has 0 saturated heterocycles. The summed E-state index contributed by atoms with van der Waals surface area (Å²) in [7, 11) is 0. The predicted molar refractivity (Wildman–Crippen MR) is 175 cm³/mol. The van der Waals surface area contributed by atoms with Crippen LogP contribution in [0.15, 0.2) is 109 Å². The van der Waals surface area contributed by atoms with Crippen molar-refractivity contribution in [2.45, 2.75) is 75.1 Å². The molecular formula is C38H40N2O7. The highest BCUT2D eigenvalue weighted by molar-refractivity contribution is 5.83. The van der Waals surface area contributed by atoms with Crippen molar-refractivity contribution in [2.24, 2.45) is 0 Å². The Morgan fingerprint density at radius 1 is 0.638 bits per heavy atom. The lowest BCUT2D eigenvalue weighted by atomic mass is 10.0. The van der Waals surface area contributed by atoms with Crippen LogP contribution >= 0.6 is 0 Å². The molecular weight excluding hydrogens is 596 g/mol. The minimum absolute atomic E-state index is 0.0343. The van der Waals surface area contributed by atoms with Gasteiger partial charge in [0.1, 0.15) is 6.10 Å². The van der Waals surface area contributed by atoms with Crippen LogP contribution in [0.5, 0.6) is 0 Å². The molecule has 9 heteroatoms. The maximum absolute atomic E-state index is 13.8. The third-order valence-corrected chi connectivity index (χ3v) is 8.93. The van der Waals surface area contributed by atoms with Gasteiger partial charge >= 0.3 is 0 Å². The number of rotatable bonds is 13. The number of nitrogens with one attached hydrogen (secondary N) is 2. The zero-order valence-electron chi connectivity index (χ0n) is 25.9. The van der Waals surface area contributed by atoms with E-state index in [4.69, 9.17) is 9.47 Å². The summed E-state index contributed by atoms with van der Waals surface area (Å²) in [6.45, 7) is 0.120. The Hall–Kier alpha value is -4.38. The van der Waals surface area contributed by atoms with Crippen molar-refractivity contribution >= 4 is 11.8 Å². The van der Waals surface area contributed by atoms with Gasteiger partial charge in [0, 0.05) is 19.3 Å². The lowest BCUT2D eigenvalue weighted by molar-refractivity contribution is -0.150. The van der Waals surface area contributed by atoms with Gasteiger partial charge in [-0.25, -0.2) is 0 Å². The molecule has 6 rings (SSSR count). The number of hydrogen-bond donors (Lipinski definition) is 5. The largest absolute Gasteiger partial charge is 0.390 e. The predicted octanol–water partition coefficient (Wildman–Crippen LogP) is 3.46. The number of hydrogen-bond acceptors (Lipinski definition) is 7. The van der Waals surface area contributed by atoms with Crippen LogP contribution in [-0.4, -0.2) is 57.7 Å². The van der Waals surface area contributed by atoms with Crippen LogP contribution in [0.25, 0.3) is 0 Å². The van der Waals surface area contributed by atoms with Gasteiger partial charge in [0.2, 0.25) is 5.91 Å². The Kier molecular flexibility index (Phi) is 10.4. The zero-order chi connectivity index (χ0) is 32.8. The fourth-order valence-electron chi connectivity index (χ4n) is 6.46. The summed E-state index contributed by atoms with van der Waals surface area (Å²) in [5.74, 6) is -1.14. The van der Waals surface area contributed by atoms with Gasteiger partial charge in [-0.2, -0.15) is 0 Å². The van der Waals surface area contributed by atoms with Crippen LogP contribution < -0.4 is 10.6 Å². The molecule has 7 unspecified atom stereocenters. The maximum atomic E-state index is 13.8. The molecule has 9 nitrogen and oxygen atoms in total. The Balaban J connectivity index is 1.22. The summed E-state index contributed by atoms with van der Waals surface area (Å²) in [4.78, 5) is 27.6. The van der Waals surface area contributed by atoms with E-state index in [1.54, 1.807) is 0 Å². The molecule has 2 amide bonds. The second-order valence-corrected chi connectivity index (χ2v) is 12.2. The molecule has 0 heterocycles. The molecule has 7 atom stereocenters. The molecule has 0 spiro atoms. The molecule has 0 saturated carbocycles. The lowest BCUT2D eigenvalue weighted by Gasteiger charge is -2.29. The molecule has 4 aromatic carbocycles. The summed E-state index contributed by atoms with van der Waals surface area (Å²) in [5.41, 5.74) is 5.16. The van der Waals surface area contributed by atoms with Gasteiger partial charge in [-0.05, 0) is 33.4 Å². The van der Waals surface area contributed by atoms with E-state index in [2.05, 4.69) is 10.6 Å². The molecule has 0 aromatic heterocycles. The number of aliphatic hydroxyl groups is 3. The number of ether oxygens (including phenoxy) is 2. The number of aliphatic hydroxyl groups excluding tert-OH is 3. The van der Waals surface area contributed by atoms with E-state index >= 15 is 0 Å². The van der Waals surface area contributed by atoms with Crippen LogP contribution in [-0.2, 0) is 45.1 Å². The van der Waals surface area contributed by atoms with E-state index in [1.807, 2.05) is 109 Å². The highest BCUT2D eigenvalue weighted by Crippen LogP contribution is 2.33. The molecule has 47 heavy (non-hydrogen) atoms. The average Bonchev–Trinajstić information content (AvgIpc) is 3.58. The van der Waals surface area contributed by atoms with E-state index in [9.17, 15) is 24.9 Å². The summed E-state index contributed by atoms with van der Waals surface area (Å²) >= 11 is 0. The quantitative estimate of drug-likeness (QED) is 0.152. The monoisotopic (exact) mass is 636 g/mol. The number of carbonyl (C=O) groups excluding carboxylic acids is 2. The molecule has 0 radical (unpaired) electrons. The normalized spacial score (nSPS) is 21.7. The van der Waals surface area contributed by atoms with E-state index < -0.39 is 54.4 Å². The molecule has 0 aliphatic heterocycles. The molecule has 0 bridgehead atoms. The molecule has 5 N–H and O–H groups in total. The van der Waals surface area contributed by atoms with E-state index in [-0.39, 0.29) is 19.6 Å². The highest BCUT2D eigenvalue weighted by Gasteiger charge is 2.39. The van der Waals surface area contributed by atoms with E-state index in [0.717, 1.165) is 33.4 Å². The van der Waals surface area contributed by atoms with Gasteiger partial charge in [-0.3, -0.25) is 9.59 Å². The third-order valence-electron chi connectivity index (χ3n) is 8.93. The highest BCUT2D eigenvalue weighted by atomic mass is 16.5. The number of carbonyl (C=O) groups is 2. The summed E-state index contributed by atoms with van der Waals surface area (Å²) < 4.78 is 12.2. The van der Waals surface area contributed by atoms with Crippen LogP contribution in [0.3, 0.4) is 0 Å². The SMILES string of the molecule is O=C(NC1c2ccccc2CC1O)C(CC(O)C(OCc1ccccc1)C(=O)NC1c2ccccc2CC1O)OCc1ccccc1. The Morgan fingerprint density at radius 3 is 1.62 bits per heavy atom. The molecule has 4 aromatic rings. The van der Waals surface area contributed by atoms with Crippen molar-refractivity contribution in [3.05, 3.63) is 143 Å². The van der Waals surface area contributed by atoms with Gasteiger partial charge in [0.25, 0.3) is 5.91 Å². The van der Waals surface area contributed by atoms with Gasteiger partial charge in [-0.1, -0.05) is 109 Å². The molecule has 0 fully saturated rings. The van der Waals surface area contributed by atoms with Crippen LogP contribution in [0, 0.1) is 0 Å². The summed E-state index contributed by atoms with van der Waals surface area (Å²) in [6.07, 6.45) is -5.14. The van der Waals surface area contributed by atoms with Crippen LogP contribution in [0.1, 0.15) is 51.9 Å². The first-order chi connectivity index (χ1) is 22.9. The van der Waals surface area contributed by atoms with Crippen molar-refractivity contribution < 1.29 is 34.4 Å². The van der Waals surface area contributed by atoms with E-state index in [1.165, 1.54) is 0 Å². The Bertz CT molecular complexity index is 1650. The molecule has 2 aliphatic rings. The number of amides is 2. The Morgan fingerprint density at radius 2 is 1.09 bits per heavy atom. The third kappa shape index (κ3) is 7.78. The maximum Gasteiger partial charge on any atom is 0.252 e. The fourth-order valence-corrected chi connectivity index (χ4v) is 6.46. The molecule has 2 aliphatic carbocycles. The minimum Gasteiger partial charge on any atom is -0.390 e. The lowest BCUT2D eigenvalue weighted by Crippen LogP contribution is -2.49. The zero-order valence-corrected chi connectivity index (χ0v) is 25.9. The van der Waals surface area contributed by atoms with Gasteiger partial charge in [-0.15, -0.1) is 0 Å². The smallest absolute Gasteiger partial charge is 0.252 e. The fraction of sp³-hybridized carbons (Fsp3) is 0.316. The summed E-state index contributed by atoms with van der Waals surface area (Å²) in [5, 5.41) is 39.0. The standard InChI is InChI=1S/C38H40N2O7/c41-30-19-26-15-7-9-17-28(26)34(30)39-37(44)33(46-22-24-11-3-1-4-12-24)21-32(43)36(47-23-25-13-5-2-6-14-25)38(45)40-35-29-18-10-8-16-27(29)20-31(35)42/h1-18,30-36,41-43H,19-23H2,(H,39,44)(H,40,45). The molecule has 244 valence electrons. The van der Waals surface area contributed by atoms with Crippen molar-refractivity contribution in [3.8, 4) is 0 Å². The van der Waals surface area contributed by atoms with Crippen molar-refractivity contribution in [2.75, 3.05) is 0 Å². The second kappa shape index (κ2) is 15.0. The first-order valence-electron chi connectivity index (χ1n) is 16.0. The van der Waals surface area contributed by atoms with Gasteiger partial charge in [0.15, 0.2) is 6.10 Å². The van der Waals surface area contributed by atoms with Gasteiger partial charge < -0.3 is 35.4 Å².